The maximum atomic E-state index is 10.5. The molecular weight excluding hydrogens is 212 g/mol. The Morgan fingerprint density at radius 3 is 3.07 bits per heavy atom. The summed E-state index contributed by atoms with van der Waals surface area (Å²) in [4.78, 5) is 14.7. The summed E-state index contributed by atoms with van der Waals surface area (Å²) in [6.45, 7) is 4.12. The van der Waals surface area contributed by atoms with Crippen molar-refractivity contribution in [2.45, 2.75) is 19.9 Å². The smallest absolute Gasteiger partial charge is 0.330 e. The van der Waals surface area contributed by atoms with Gasteiger partial charge >= 0.3 is 5.97 Å². The lowest BCUT2D eigenvalue weighted by Crippen LogP contribution is -2.19. The standard InChI is InChI=1S/C10H14N2O2S/c1-7(10(13)14)3-4-11-8(2)9-12-5-6-15-9/h3,5-6,8,11H,4H2,1-2H3,(H,13,14)/b7-3-. The number of hydrogen-bond donors (Lipinski definition) is 2. The van der Waals surface area contributed by atoms with E-state index in [0.717, 1.165) is 5.01 Å². The molecule has 0 saturated carbocycles. The van der Waals surface area contributed by atoms with E-state index in [1.165, 1.54) is 0 Å². The fraction of sp³-hybridized carbons (Fsp3) is 0.400. The number of carbonyl (C=O) groups is 1. The van der Waals surface area contributed by atoms with E-state index in [2.05, 4.69) is 10.3 Å². The van der Waals surface area contributed by atoms with E-state index in [4.69, 9.17) is 5.11 Å². The van der Waals surface area contributed by atoms with Gasteiger partial charge in [-0.25, -0.2) is 9.78 Å². The van der Waals surface area contributed by atoms with Crippen LogP contribution in [0.3, 0.4) is 0 Å². The highest BCUT2D eigenvalue weighted by molar-refractivity contribution is 7.09. The molecule has 1 atom stereocenters. The molecule has 1 aromatic heterocycles. The summed E-state index contributed by atoms with van der Waals surface area (Å²) < 4.78 is 0. The van der Waals surface area contributed by atoms with Crippen molar-refractivity contribution in [2.24, 2.45) is 0 Å². The molecule has 1 aromatic rings. The second-order valence-corrected chi connectivity index (χ2v) is 4.12. The van der Waals surface area contributed by atoms with Gasteiger partial charge in [0.1, 0.15) is 5.01 Å². The van der Waals surface area contributed by atoms with E-state index in [0.29, 0.717) is 12.1 Å². The Labute approximate surface area is 92.7 Å². The molecule has 0 aliphatic carbocycles. The minimum absolute atomic E-state index is 0.155. The van der Waals surface area contributed by atoms with Gasteiger partial charge < -0.3 is 10.4 Å². The summed E-state index contributed by atoms with van der Waals surface area (Å²) in [6, 6.07) is 0.155. The van der Waals surface area contributed by atoms with Gasteiger partial charge in [0.05, 0.1) is 6.04 Å². The van der Waals surface area contributed by atoms with Gasteiger partial charge in [0.2, 0.25) is 0 Å². The summed E-state index contributed by atoms with van der Waals surface area (Å²) in [5, 5.41) is 14.7. The van der Waals surface area contributed by atoms with Crippen LogP contribution in [0, 0.1) is 0 Å². The fourth-order valence-electron chi connectivity index (χ4n) is 1.01. The van der Waals surface area contributed by atoms with Crippen molar-refractivity contribution in [3.63, 3.8) is 0 Å². The maximum absolute atomic E-state index is 10.5. The number of carboxylic acid groups (broad SMARTS) is 1. The summed E-state index contributed by atoms with van der Waals surface area (Å²) in [7, 11) is 0. The van der Waals surface area contributed by atoms with Crippen LogP contribution in [0.4, 0.5) is 0 Å². The summed E-state index contributed by atoms with van der Waals surface area (Å²) in [5.74, 6) is -0.876. The first-order valence-electron chi connectivity index (χ1n) is 4.64. The highest BCUT2D eigenvalue weighted by Crippen LogP contribution is 2.14. The van der Waals surface area contributed by atoms with Crippen molar-refractivity contribution in [2.75, 3.05) is 6.54 Å². The number of thiazole rings is 1. The number of carboxylic acids is 1. The lowest BCUT2D eigenvalue weighted by molar-refractivity contribution is -0.132. The Hall–Kier alpha value is -1.20. The molecule has 1 heterocycles. The van der Waals surface area contributed by atoms with Crippen LogP contribution >= 0.6 is 11.3 Å². The van der Waals surface area contributed by atoms with Crippen molar-refractivity contribution in [3.8, 4) is 0 Å². The zero-order valence-electron chi connectivity index (χ0n) is 8.73. The van der Waals surface area contributed by atoms with Gasteiger partial charge in [-0.15, -0.1) is 11.3 Å². The van der Waals surface area contributed by atoms with Crippen LogP contribution in [-0.2, 0) is 4.79 Å². The summed E-state index contributed by atoms with van der Waals surface area (Å²) in [6.07, 6.45) is 3.42. The molecule has 0 aliphatic heterocycles. The first kappa shape index (κ1) is 11.9. The van der Waals surface area contributed by atoms with Gasteiger partial charge in [-0.3, -0.25) is 0 Å². The third kappa shape index (κ3) is 3.81. The minimum atomic E-state index is -0.876. The Balaban J connectivity index is 2.38. The molecule has 0 radical (unpaired) electrons. The van der Waals surface area contributed by atoms with Crippen LogP contribution in [0.25, 0.3) is 0 Å². The number of aliphatic carboxylic acids is 1. The maximum Gasteiger partial charge on any atom is 0.330 e. The van der Waals surface area contributed by atoms with Crippen molar-refractivity contribution in [1.82, 2.24) is 10.3 Å². The predicted molar refractivity (Wildman–Crippen MR) is 59.9 cm³/mol. The Morgan fingerprint density at radius 1 is 1.80 bits per heavy atom. The number of nitrogens with zero attached hydrogens (tertiary/aromatic N) is 1. The molecule has 0 aliphatic rings. The quantitative estimate of drug-likeness (QED) is 0.752. The molecule has 0 saturated heterocycles. The Bertz CT molecular complexity index is 346. The summed E-state index contributed by atoms with van der Waals surface area (Å²) in [5.41, 5.74) is 0.355. The number of aromatic nitrogens is 1. The van der Waals surface area contributed by atoms with E-state index >= 15 is 0 Å². The summed E-state index contributed by atoms with van der Waals surface area (Å²) >= 11 is 1.59. The van der Waals surface area contributed by atoms with Gasteiger partial charge in [0.25, 0.3) is 0 Å². The van der Waals surface area contributed by atoms with Crippen molar-refractivity contribution < 1.29 is 9.90 Å². The number of nitrogens with one attached hydrogen (secondary N) is 1. The zero-order valence-corrected chi connectivity index (χ0v) is 9.54. The van der Waals surface area contributed by atoms with Crippen LogP contribution < -0.4 is 5.32 Å². The molecule has 15 heavy (non-hydrogen) atoms. The molecule has 0 fully saturated rings. The lowest BCUT2D eigenvalue weighted by atomic mass is 10.3. The Kier molecular flexibility index (Phi) is 4.45. The first-order chi connectivity index (χ1) is 7.11. The van der Waals surface area contributed by atoms with E-state index < -0.39 is 5.97 Å². The Morgan fingerprint density at radius 2 is 2.53 bits per heavy atom. The molecular formula is C10H14N2O2S. The average Bonchev–Trinajstić information content (AvgIpc) is 2.70. The zero-order chi connectivity index (χ0) is 11.3. The molecule has 1 rings (SSSR count). The van der Waals surface area contributed by atoms with E-state index in [-0.39, 0.29) is 6.04 Å². The lowest BCUT2D eigenvalue weighted by Gasteiger charge is -2.08. The second-order valence-electron chi connectivity index (χ2n) is 3.19. The molecule has 0 amide bonds. The van der Waals surface area contributed by atoms with Crippen molar-refractivity contribution in [1.29, 1.82) is 0 Å². The number of hydrogen-bond acceptors (Lipinski definition) is 4. The first-order valence-corrected chi connectivity index (χ1v) is 5.52. The molecule has 0 spiro atoms. The number of rotatable bonds is 5. The van der Waals surface area contributed by atoms with E-state index in [1.807, 2.05) is 12.3 Å². The average molecular weight is 226 g/mol. The molecule has 4 nitrogen and oxygen atoms in total. The third-order valence-corrected chi connectivity index (χ3v) is 2.95. The molecule has 2 N–H and O–H groups in total. The predicted octanol–water partition coefficient (Wildman–Crippen LogP) is 1.82. The largest absolute Gasteiger partial charge is 0.478 e. The van der Waals surface area contributed by atoms with Gasteiger partial charge in [-0.2, -0.15) is 0 Å². The molecule has 82 valence electrons. The van der Waals surface area contributed by atoms with Gasteiger partial charge in [-0.05, 0) is 13.8 Å². The molecule has 0 bridgehead atoms. The van der Waals surface area contributed by atoms with Crippen molar-refractivity contribution >= 4 is 17.3 Å². The van der Waals surface area contributed by atoms with Gasteiger partial charge in [-0.1, -0.05) is 6.08 Å². The fourth-order valence-corrected chi connectivity index (χ4v) is 1.68. The second kappa shape index (κ2) is 5.63. The highest BCUT2D eigenvalue weighted by Gasteiger charge is 2.06. The minimum Gasteiger partial charge on any atom is -0.478 e. The van der Waals surface area contributed by atoms with Gasteiger partial charge in [0, 0.05) is 23.7 Å². The third-order valence-electron chi connectivity index (χ3n) is 1.99. The monoisotopic (exact) mass is 226 g/mol. The normalized spacial score (nSPS) is 13.9. The van der Waals surface area contributed by atoms with Crippen LogP contribution in [0.15, 0.2) is 23.2 Å². The van der Waals surface area contributed by atoms with Crippen LogP contribution in [0.5, 0.6) is 0 Å². The van der Waals surface area contributed by atoms with Crippen LogP contribution in [0.1, 0.15) is 24.9 Å². The van der Waals surface area contributed by atoms with E-state index in [9.17, 15) is 4.79 Å². The topological polar surface area (TPSA) is 62.2 Å². The molecule has 1 unspecified atom stereocenters. The molecule has 0 aromatic carbocycles. The van der Waals surface area contributed by atoms with Crippen LogP contribution in [0.2, 0.25) is 0 Å². The molecule has 5 heteroatoms. The van der Waals surface area contributed by atoms with Gasteiger partial charge in [0.15, 0.2) is 0 Å². The van der Waals surface area contributed by atoms with Crippen LogP contribution in [-0.4, -0.2) is 22.6 Å². The SMILES string of the molecule is C/C(=C/CNC(C)c1nccs1)C(=O)O. The van der Waals surface area contributed by atoms with E-state index in [1.54, 1.807) is 30.5 Å². The highest BCUT2D eigenvalue weighted by atomic mass is 32.1. The van der Waals surface area contributed by atoms with Crippen molar-refractivity contribution in [3.05, 3.63) is 28.2 Å².